The summed E-state index contributed by atoms with van der Waals surface area (Å²) in [5.74, 6) is -0.911. The van der Waals surface area contributed by atoms with Crippen molar-refractivity contribution in [3.05, 3.63) is 59.5 Å². The number of nitrogens with zero attached hydrogens (tertiary/aromatic N) is 1. The third-order valence-corrected chi connectivity index (χ3v) is 5.45. The van der Waals surface area contributed by atoms with Crippen molar-refractivity contribution in [1.29, 1.82) is 0 Å². The second-order valence-corrected chi connectivity index (χ2v) is 10.1. The second-order valence-electron chi connectivity index (χ2n) is 10.1. The van der Waals surface area contributed by atoms with Crippen molar-refractivity contribution in [2.24, 2.45) is 0 Å². The van der Waals surface area contributed by atoms with E-state index in [1.807, 2.05) is 65.8 Å². The van der Waals surface area contributed by atoms with Gasteiger partial charge in [-0.2, -0.15) is 0 Å². The van der Waals surface area contributed by atoms with E-state index >= 15 is 0 Å². The predicted octanol–water partition coefficient (Wildman–Crippen LogP) is 5.18. The number of nitrogens with one attached hydrogen (secondary N) is 2. The fraction of sp³-hybridized carbons (Fsp3) is 0.360. The highest BCUT2D eigenvalue weighted by atomic mass is 19.1. The van der Waals surface area contributed by atoms with Crippen LogP contribution in [0.4, 0.5) is 4.39 Å². The van der Waals surface area contributed by atoms with Crippen LogP contribution in [0, 0.1) is 5.82 Å². The summed E-state index contributed by atoms with van der Waals surface area (Å²) < 4.78 is 14.1. The van der Waals surface area contributed by atoms with Gasteiger partial charge in [0, 0.05) is 27.5 Å². The quantitative estimate of drug-likeness (QED) is 0.568. The summed E-state index contributed by atoms with van der Waals surface area (Å²) >= 11 is 0. The number of fused-ring (bicyclic) bond motifs is 5. The van der Waals surface area contributed by atoms with Crippen LogP contribution in [0.25, 0.3) is 22.0 Å². The molecule has 3 aromatic rings. The van der Waals surface area contributed by atoms with Gasteiger partial charge in [-0.1, -0.05) is 24.3 Å². The maximum atomic E-state index is 14.1. The van der Waals surface area contributed by atoms with Gasteiger partial charge in [0.2, 0.25) is 5.91 Å². The summed E-state index contributed by atoms with van der Waals surface area (Å²) in [5.41, 5.74) is 2.05. The highest BCUT2D eigenvalue weighted by molar-refractivity contribution is 6.13. The Hall–Kier alpha value is -3.15. The molecule has 1 aromatic heterocycles. The first-order valence-corrected chi connectivity index (χ1v) is 10.4. The molecule has 5 nitrogen and oxygen atoms in total. The van der Waals surface area contributed by atoms with E-state index in [0.29, 0.717) is 22.2 Å². The number of carbonyl (C=O) groups excluding carboxylic acids is 2. The first kappa shape index (κ1) is 21.1. The first-order chi connectivity index (χ1) is 14.4. The van der Waals surface area contributed by atoms with Gasteiger partial charge < -0.3 is 15.2 Å². The van der Waals surface area contributed by atoms with Crippen LogP contribution in [0.1, 0.15) is 63.6 Å². The van der Waals surface area contributed by atoms with Gasteiger partial charge in [0.1, 0.15) is 17.6 Å². The number of aromatic nitrogens is 1. The van der Waals surface area contributed by atoms with Crippen molar-refractivity contribution in [2.75, 3.05) is 0 Å². The predicted molar refractivity (Wildman–Crippen MR) is 120 cm³/mol. The molecule has 0 saturated carbocycles. The molecule has 2 amide bonds. The van der Waals surface area contributed by atoms with E-state index < -0.39 is 17.1 Å². The SMILES string of the molecule is CC(C)(C)NC(=O)C1c2ccccc2-c2c([nH]c3ccc(F)cc23)C(=O)N1C(C)(C)C. The van der Waals surface area contributed by atoms with Crippen LogP contribution in [0.3, 0.4) is 0 Å². The molecule has 2 heterocycles. The second kappa shape index (κ2) is 6.94. The van der Waals surface area contributed by atoms with Gasteiger partial charge in [-0.25, -0.2) is 4.39 Å². The number of rotatable bonds is 1. The smallest absolute Gasteiger partial charge is 0.272 e. The lowest BCUT2D eigenvalue weighted by molar-refractivity contribution is -0.129. The summed E-state index contributed by atoms with van der Waals surface area (Å²) in [6.45, 7) is 11.5. The number of aromatic amines is 1. The molecule has 0 radical (unpaired) electrons. The Kier molecular flexibility index (Phi) is 4.72. The largest absolute Gasteiger partial charge is 0.350 e. The van der Waals surface area contributed by atoms with E-state index in [0.717, 1.165) is 11.1 Å². The van der Waals surface area contributed by atoms with Crippen LogP contribution in [0.5, 0.6) is 0 Å². The maximum Gasteiger partial charge on any atom is 0.272 e. The van der Waals surface area contributed by atoms with Gasteiger partial charge in [-0.05, 0) is 70.9 Å². The third kappa shape index (κ3) is 3.60. The number of H-pyrrole nitrogens is 1. The number of hydrogen-bond acceptors (Lipinski definition) is 2. The maximum absolute atomic E-state index is 14.1. The number of hydrogen-bond donors (Lipinski definition) is 2. The van der Waals surface area contributed by atoms with Crippen molar-refractivity contribution >= 4 is 22.7 Å². The van der Waals surface area contributed by atoms with Gasteiger partial charge in [-0.3, -0.25) is 9.59 Å². The molecular formula is C25H28FN3O2. The zero-order valence-electron chi connectivity index (χ0n) is 18.8. The molecule has 31 heavy (non-hydrogen) atoms. The van der Waals surface area contributed by atoms with Crippen LogP contribution in [-0.2, 0) is 4.79 Å². The molecule has 0 aliphatic carbocycles. The molecule has 0 spiro atoms. The summed E-state index contributed by atoms with van der Waals surface area (Å²) in [6.07, 6.45) is 0. The lowest BCUT2D eigenvalue weighted by Crippen LogP contribution is -2.54. The van der Waals surface area contributed by atoms with Gasteiger partial charge in [0.15, 0.2) is 0 Å². The summed E-state index contributed by atoms with van der Waals surface area (Å²) in [5, 5.41) is 3.67. The van der Waals surface area contributed by atoms with Crippen molar-refractivity contribution in [2.45, 2.75) is 58.7 Å². The van der Waals surface area contributed by atoms with E-state index in [2.05, 4.69) is 10.3 Å². The molecule has 0 bridgehead atoms. The van der Waals surface area contributed by atoms with Gasteiger partial charge in [0.05, 0.1) is 0 Å². The molecule has 4 rings (SSSR count). The molecule has 1 unspecified atom stereocenters. The lowest BCUT2D eigenvalue weighted by atomic mass is 9.92. The van der Waals surface area contributed by atoms with E-state index in [4.69, 9.17) is 0 Å². The van der Waals surface area contributed by atoms with Crippen LogP contribution in [0.15, 0.2) is 42.5 Å². The van der Waals surface area contributed by atoms with Crippen LogP contribution in [0.2, 0.25) is 0 Å². The topological polar surface area (TPSA) is 65.2 Å². The average Bonchev–Trinajstić information content (AvgIpc) is 2.96. The monoisotopic (exact) mass is 421 g/mol. The Morgan fingerprint density at radius 3 is 2.39 bits per heavy atom. The van der Waals surface area contributed by atoms with Gasteiger partial charge in [0.25, 0.3) is 5.91 Å². The fourth-order valence-corrected chi connectivity index (χ4v) is 4.33. The van der Waals surface area contributed by atoms with Crippen LogP contribution >= 0.6 is 0 Å². The first-order valence-electron chi connectivity index (χ1n) is 10.4. The summed E-state index contributed by atoms with van der Waals surface area (Å²) in [6, 6.07) is 11.1. The molecule has 2 N–H and O–H groups in total. The number of benzene rings is 2. The Labute approximate surface area is 181 Å². The molecule has 2 aromatic carbocycles. The van der Waals surface area contributed by atoms with Crippen molar-refractivity contribution in [3.8, 4) is 11.1 Å². The van der Waals surface area contributed by atoms with Crippen molar-refractivity contribution in [3.63, 3.8) is 0 Å². The van der Waals surface area contributed by atoms with E-state index in [-0.39, 0.29) is 17.6 Å². The minimum Gasteiger partial charge on any atom is -0.350 e. The van der Waals surface area contributed by atoms with Crippen LogP contribution < -0.4 is 5.32 Å². The summed E-state index contributed by atoms with van der Waals surface area (Å²) in [4.78, 5) is 32.3. The molecule has 1 aliphatic rings. The molecular weight excluding hydrogens is 393 g/mol. The Balaban J connectivity index is 2.07. The van der Waals surface area contributed by atoms with Crippen LogP contribution in [-0.4, -0.2) is 32.8 Å². The molecule has 162 valence electrons. The third-order valence-electron chi connectivity index (χ3n) is 5.45. The zero-order valence-corrected chi connectivity index (χ0v) is 18.8. The normalized spacial score (nSPS) is 16.7. The molecule has 0 fully saturated rings. The summed E-state index contributed by atoms with van der Waals surface area (Å²) in [7, 11) is 0. The highest BCUT2D eigenvalue weighted by Gasteiger charge is 2.44. The van der Waals surface area contributed by atoms with E-state index in [1.54, 1.807) is 11.0 Å². The Morgan fingerprint density at radius 1 is 1.06 bits per heavy atom. The van der Waals surface area contributed by atoms with Gasteiger partial charge in [-0.15, -0.1) is 0 Å². The van der Waals surface area contributed by atoms with Gasteiger partial charge >= 0.3 is 0 Å². The molecule has 1 atom stereocenters. The number of amides is 2. The average molecular weight is 422 g/mol. The number of halogens is 1. The van der Waals surface area contributed by atoms with Crippen molar-refractivity contribution in [1.82, 2.24) is 15.2 Å². The van der Waals surface area contributed by atoms with E-state index in [9.17, 15) is 14.0 Å². The highest BCUT2D eigenvalue weighted by Crippen LogP contribution is 2.44. The molecule has 6 heteroatoms. The Morgan fingerprint density at radius 2 is 1.74 bits per heavy atom. The fourth-order valence-electron chi connectivity index (χ4n) is 4.33. The van der Waals surface area contributed by atoms with Crippen molar-refractivity contribution < 1.29 is 14.0 Å². The lowest BCUT2D eigenvalue weighted by Gasteiger charge is -2.41. The number of carbonyl (C=O) groups is 2. The Bertz CT molecular complexity index is 1200. The van der Waals surface area contributed by atoms with E-state index in [1.165, 1.54) is 12.1 Å². The molecule has 0 saturated heterocycles. The zero-order chi connectivity index (χ0) is 22.7. The standard InChI is InChI=1S/C25H28FN3O2/c1-24(2,3)28-22(30)21-16-10-8-7-9-15(16)19-17-13-14(26)11-12-18(17)27-20(19)23(31)29(21)25(4,5)6/h7-13,21,27H,1-6H3,(H,28,30). The minimum absolute atomic E-state index is 0.246. The molecule has 1 aliphatic heterocycles. The minimum atomic E-state index is -0.827.